The molecule has 1 aromatic rings. The van der Waals surface area contributed by atoms with Gasteiger partial charge in [0.15, 0.2) is 0 Å². The minimum absolute atomic E-state index is 0. The number of nitrogens with zero attached hydrogens (tertiary/aromatic N) is 1. The van der Waals surface area contributed by atoms with Crippen LogP contribution in [0.1, 0.15) is 5.69 Å². The van der Waals surface area contributed by atoms with Crippen molar-refractivity contribution in [3.8, 4) is 0 Å². The van der Waals surface area contributed by atoms with E-state index >= 15 is 0 Å². The number of hydrogen-bond acceptors (Lipinski definition) is 1. The smallest absolute Gasteiger partial charge is 0.0372 e. The summed E-state index contributed by atoms with van der Waals surface area (Å²) in [4.78, 5) is 3.98. The Morgan fingerprint density at radius 2 is 2.12 bits per heavy atom. The predicted molar refractivity (Wildman–Crippen MR) is 29.0 cm³/mol. The summed E-state index contributed by atoms with van der Waals surface area (Å²) in [5.41, 5.74) is 1.07. The molecule has 1 nitrogen and oxygen atoms in total. The molecule has 0 unspecified atom stereocenters. The Morgan fingerprint density at radius 3 is 2.38 bits per heavy atom. The van der Waals surface area contributed by atoms with Gasteiger partial charge in [0.2, 0.25) is 0 Å². The minimum Gasteiger partial charge on any atom is -0.262 e. The van der Waals surface area contributed by atoms with Gasteiger partial charge in [0, 0.05) is 29.0 Å². The second kappa shape index (κ2) is 3.64. The van der Waals surface area contributed by atoms with Crippen molar-refractivity contribution >= 4 is 0 Å². The molecule has 0 atom stereocenters. The fourth-order valence-corrected chi connectivity index (χ4v) is 0.448. The van der Waals surface area contributed by atoms with Gasteiger partial charge in [-0.1, -0.05) is 6.07 Å². The van der Waals surface area contributed by atoms with E-state index < -0.39 is 0 Å². The summed E-state index contributed by atoms with van der Waals surface area (Å²) < 4.78 is 0. The Labute approximate surface area is 59.6 Å². The van der Waals surface area contributed by atoms with Crippen LogP contribution in [0.25, 0.3) is 0 Å². The van der Waals surface area contributed by atoms with E-state index in [0.717, 1.165) is 5.69 Å². The molecular formula is C6H7CuN. The topological polar surface area (TPSA) is 12.9 Å². The van der Waals surface area contributed by atoms with Crippen molar-refractivity contribution in [2.75, 3.05) is 0 Å². The summed E-state index contributed by atoms with van der Waals surface area (Å²) in [5.74, 6) is 0. The third-order valence-electron chi connectivity index (χ3n) is 0.813. The fourth-order valence-electron chi connectivity index (χ4n) is 0.448. The first-order valence-electron chi connectivity index (χ1n) is 2.27. The van der Waals surface area contributed by atoms with E-state index in [1.54, 1.807) is 6.20 Å². The average molecular weight is 157 g/mol. The van der Waals surface area contributed by atoms with E-state index in [4.69, 9.17) is 0 Å². The maximum absolute atomic E-state index is 3.98. The van der Waals surface area contributed by atoms with Gasteiger partial charge in [-0.05, 0) is 19.1 Å². The van der Waals surface area contributed by atoms with Gasteiger partial charge in [-0.2, -0.15) is 0 Å². The van der Waals surface area contributed by atoms with E-state index in [0.29, 0.717) is 0 Å². The molecule has 1 aromatic heterocycles. The summed E-state index contributed by atoms with van der Waals surface area (Å²) in [5, 5.41) is 0. The molecule has 0 saturated carbocycles. The fraction of sp³-hybridized carbons (Fsp3) is 0.167. The number of rotatable bonds is 0. The standard InChI is InChI=1S/C6H7N.Cu/c1-6-4-2-3-5-7-6;/h2-5H,1H3;. The van der Waals surface area contributed by atoms with Crippen LogP contribution in [0.3, 0.4) is 0 Å². The number of hydrogen-bond donors (Lipinski definition) is 0. The van der Waals surface area contributed by atoms with Gasteiger partial charge in [-0.15, -0.1) is 0 Å². The van der Waals surface area contributed by atoms with Crippen molar-refractivity contribution in [1.29, 1.82) is 0 Å². The Kier molecular flexibility index (Phi) is 3.49. The molecule has 0 aromatic carbocycles. The first-order chi connectivity index (χ1) is 3.39. The molecule has 2 heteroatoms. The SMILES string of the molecule is Cc1ccccn1.[Cu]. The molecule has 0 amide bonds. The summed E-state index contributed by atoms with van der Waals surface area (Å²) in [6.07, 6.45) is 1.79. The van der Waals surface area contributed by atoms with Crippen LogP contribution in [0.5, 0.6) is 0 Å². The first-order valence-corrected chi connectivity index (χ1v) is 2.27. The molecule has 0 saturated heterocycles. The molecule has 0 N–H and O–H groups in total. The van der Waals surface area contributed by atoms with Gasteiger partial charge in [-0.25, -0.2) is 0 Å². The zero-order valence-corrected chi connectivity index (χ0v) is 5.50. The summed E-state index contributed by atoms with van der Waals surface area (Å²) in [7, 11) is 0. The van der Waals surface area contributed by atoms with Gasteiger partial charge < -0.3 is 0 Å². The van der Waals surface area contributed by atoms with Gasteiger partial charge >= 0.3 is 0 Å². The summed E-state index contributed by atoms with van der Waals surface area (Å²) in [6.45, 7) is 1.97. The van der Waals surface area contributed by atoms with Crippen molar-refractivity contribution < 1.29 is 17.1 Å². The van der Waals surface area contributed by atoms with Crippen LogP contribution in [0.15, 0.2) is 24.4 Å². The third-order valence-corrected chi connectivity index (χ3v) is 0.813. The molecule has 0 aliphatic carbocycles. The molecule has 0 fully saturated rings. The molecule has 0 bridgehead atoms. The third kappa shape index (κ3) is 2.10. The molecule has 47 valence electrons. The molecule has 1 rings (SSSR count). The van der Waals surface area contributed by atoms with Crippen LogP contribution in [-0.4, -0.2) is 4.98 Å². The van der Waals surface area contributed by atoms with E-state index in [9.17, 15) is 0 Å². The Balaban J connectivity index is 0.000000490. The Morgan fingerprint density at radius 1 is 1.38 bits per heavy atom. The second-order valence-electron chi connectivity index (χ2n) is 1.47. The van der Waals surface area contributed by atoms with E-state index in [1.165, 1.54) is 0 Å². The molecule has 0 aliphatic heterocycles. The van der Waals surface area contributed by atoms with Gasteiger partial charge in [-0.3, -0.25) is 4.98 Å². The van der Waals surface area contributed by atoms with Crippen LogP contribution in [0.2, 0.25) is 0 Å². The number of pyridine rings is 1. The zero-order chi connectivity index (χ0) is 5.11. The predicted octanol–water partition coefficient (Wildman–Crippen LogP) is 1.39. The minimum atomic E-state index is 0. The van der Waals surface area contributed by atoms with Crippen LogP contribution in [0, 0.1) is 6.92 Å². The van der Waals surface area contributed by atoms with Crippen molar-refractivity contribution in [3.05, 3.63) is 30.1 Å². The van der Waals surface area contributed by atoms with Crippen LogP contribution >= 0.6 is 0 Å². The zero-order valence-electron chi connectivity index (χ0n) is 4.56. The first kappa shape index (κ1) is 7.67. The van der Waals surface area contributed by atoms with Crippen LogP contribution in [-0.2, 0) is 17.1 Å². The quantitative estimate of drug-likeness (QED) is 0.518. The van der Waals surface area contributed by atoms with Crippen molar-refractivity contribution in [1.82, 2.24) is 4.98 Å². The normalized spacial score (nSPS) is 7.62. The molecule has 1 radical (unpaired) electrons. The second-order valence-corrected chi connectivity index (χ2v) is 1.47. The van der Waals surface area contributed by atoms with Gasteiger partial charge in [0.25, 0.3) is 0 Å². The van der Waals surface area contributed by atoms with Crippen molar-refractivity contribution in [2.45, 2.75) is 6.92 Å². The molecular weight excluding hydrogens is 150 g/mol. The number of aromatic nitrogens is 1. The molecule has 1 heterocycles. The number of aryl methyl sites for hydroxylation is 1. The molecule has 0 aliphatic rings. The van der Waals surface area contributed by atoms with Crippen LogP contribution < -0.4 is 0 Å². The van der Waals surface area contributed by atoms with Gasteiger partial charge in [0.1, 0.15) is 0 Å². The molecule has 8 heavy (non-hydrogen) atoms. The van der Waals surface area contributed by atoms with E-state index in [1.807, 2.05) is 25.1 Å². The monoisotopic (exact) mass is 156 g/mol. The largest absolute Gasteiger partial charge is 0.262 e. The van der Waals surface area contributed by atoms with Gasteiger partial charge in [0.05, 0.1) is 0 Å². The Bertz CT molecular complexity index is 138. The summed E-state index contributed by atoms with van der Waals surface area (Å²) >= 11 is 0. The van der Waals surface area contributed by atoms with Crippen molar-refractivity contribution in [3.63, 3.8) is 0 Å². The van der Waals surface area contributed by atoms with Crippen molar-refractivity contribution in [2.24, 2.45) is 0 Å². The average Bonchev–Trinajstić information content (AvgIpc) is 1.69. The van der Waals surface area contributed by atoms with E-state index in [2.05, 4.69) is 4.98 Å². The van der Waals surface area contributed by atoms with E-state index in [-0.39, 0.29) is 17.1 Å². The Hall–Kier alpha value is -0.331. The van der Waals surface area contributed by atoms with Crippen LogP contribution in [0.4, 0.5) is 0 Å². The maximum Gasteiger partial charge on any atom is 0.0372 e. The maximum atomic E-state index is 3.98. The summed E-state index contributed by atoms with van der Waals surface area (Å²) in [6, 6.07) is 5.86. The molecule has 0 spiro atoms.